The quantitative estimate of drug-likeness (QED) is 0.883. The molecule has 1 aromatic carbocycles. The molecule has 2 aliphatic rings. The summed E-state index contributed by atoms with van der Waals surface area (Å²) < 4.78 is 0. The maximum absolute atomic E-state index is 12.6. The van der Waals surface area contributed by atoms with Crippen molar-refractivity contribution in [2.45, 2.75) is 44.7 Å². The number of hydrogen-bond donors (Lipinski definition) is 1. The van der Waals surface area contributed by atoms with Crippen LogP contribution in [0.15, 0.2) is 24.3 Å². The molecule has 0 unspecified atom stereocenters. The lowest BCUT2D eigenvalue weighted by molar-refractivity contribution is -0.134. The van der Waals surface area contributed by atoms with Gasteiger partial charge in [0.2, 0.25) is 5.91 Å². The van der Waals surface area contributed by atoms with E-state index in [2.05, 4.69) is 41.4 Å². The third-order valence-corrected chi connectivity index (χ3v) is 4.44. The van der Waals surface area contributed by atoms with Gasteiger partial charge < -0.3 is 10.2 Å². The summed E-state index contributed by atoms with van der Waals surface area (Å²) in [6.45, 7) is 4.04. The molecule has 1 N–H and O–H groups in total. The fourth-order valence-corrected chi connectivity index (χ4v) is 3.41. The molecule has 0 radical (unpaired) electrons. The molecule has 0 aromatic heterocycles. The Balaban J connectivity index is 1.81. The summed E-state index contributed by atoms with van der Waals surface area (Å²) in [5, 5.41) is 3.33. The first-order chi connectivity index (χ1) is 9.27. The first-order valence-corrected chi connectivity index (χ1v) is 7.37. The predicted octanol–water partition coefficient (Wildman–Crippen LogP) is 2.41. The third-order valence-electron chi connectivity index (χ3n) is 4.44. The Kier molecular flexibility index (Phi) is 3.56. The number of benzene rings is 1. The zero-order chi connectivity index (χ0) is 13.2. The number of carbonyl (C=O) groups is 1. The minimum absolute atomic E-state index is 0.0598. The molecular weight excluding hydrogens is 236 g/mol. The summed E-state index contributed by atoms with van der Waals surface area (Å²) in [6.07, 6.45) is 4.34. The molecular formula is C16H22N2O. The second-order valence-corrected chi connectivity index (χ2v) is 5.70. The molecule has 2 fully saturated rings. The number of nitrogens with zero attached hydrogens (tertiary/aromatic N) is 1. The minimum atomic E-state index is 0.0598. The molecule has 102 valence electrons. The molecule has 0 aliphatic carbocycles. The van der Waals surface area contributed by atoms with Gasteiger partial charge in [-0.25, -0.2) is 0 Å². The minimum Gasteiger partial charge on any atom is -0.334 e. The van der Waals surface area contributed by atoms with Crippen LogP contribution in [0.5, 0.6) is 0 Å². The fraction of sp³-hybridized carbons (Fsp3) is 0.562. The van der Waals surface area contributed by atoms with E-state index in [-0.39, 0.29) is 12.1 Å². The van der Waals surface area contributed by atoms with Crippen LogP contribution in [-0.2, 0) is 4.79 Å². The number of nitrogens with one attached hydrogen (secondary N) is 1. The van der Waals surface area contributed by atoms with Crippen LogP contribution in [0.2, 0.25) is 0 Å². The molecule has 3 nitrogen and oxygen atoms in total. The lowest BCUT2D eigenvalue weighted by atomic mass is 9.99. The molecule has 1 amide bonds. The third kappa shape index (κ3) is 2.39. The van der Waals surface area contributed by atoms with Crippen molar-refractivity contribution in [1.82, 2.24) is 10.2 Å². The van der Waals surface area contributed by atoms with E-state index >= 15 is 0 Å². The van der Waals surface area contributed by atoms with E-state index in [0.29, 0.717) is 5.91 Å². The molecule has 0 bridgehead atoms. The Hall–Kier alpha value is -1.35. The molecule has 0 spiro atoms. The Morgan fingerprint density at radius 2 is 2.11 bits per heavy atom. The van der Waals surface area contributed by atoms with Crippen LogP contribution in [-0.4, -0.2) is 29.9 Å². The lowest BCUT2D eigenvalue weighted by Gasteiger charge is -2.28. The van der Waals surface area contributed by atoms with Crippen molar-refractivity contribution < 1.29 is 4.79 Å². The Morgan fingerprint density at radius 1 is 1.26 bits per heavy atom. The van der Waals surface area contributed by atoms with Crippen molar-refractivity contribution in [2.75, 3.05) is 13.1 Å². The van der Waals surface area contributed by atoms with Gasteiger partial charge in [0.05, 0.1) is 12.1 Å². The number of likely N-dealkylation sites (tertiary alicyclic amines) is 1. The molecule has 3 heteroatoms. The lowest BCUT2D eigenvalue weighted by Crippen LogP contribution is -2.43. The smallest absolute Gasteiger partial charge is 0.240 e. The molecule has 2 atom stereocenters. The monoisotopic (exact) mass is 258 g/mol. The largest absolute Gasteiger partial charge is 0.334 e. The van der Waals surface area contributed by atoms with E-state index in [1.54, 1.807) is 0 Å². The predicted molar refractivity (Wildman–Crippen MR) is 75.9 cm³/mol. The second-order valence-electron chi connectivity index (χ2n) is 5.70. The number of rotatable bonds is 2. The van der Waals surface area contributed by atoms with Gasteiger partial charge >= 0.3 is 0 Å². The highest BCUT2D eigenvalue weighted by Crippen LogP contribution is 2.34. The van der Waals surface area contributed by atoms with E-state index in [1.807, 2.05) is 0 Å². The van der Waals surface area contributed by atoms with E-state index in [9.17, 15) is 4.79 Å². The molecule has 3 rings (SSSR count). The van der Waals surface area contributed by atoms with E-state index in [0.717, 1.165) is 38.8 Å². The zero-order valence-corrected chi connectivity index (χ0v) is 11.6. The van der Waals surface area contributed by atoms with Crippen LogP contribution in [0.1, 0.15) is 42.9 Å². The first-order valence-electron chi connectivity index (χ1n) is 7.37. The summed E-state index contributed by atoms with van der Waals surface area (Å²) in [4.78, 5) is 14.7. The summed E-state index contributed by atoms with van der Waals surface area (Å²) in [5.74, 6) is 0.309. The highest BCUT2D eigenvalue weighted by atomic mass is 16.2. The van der Waals surface area contributed by atoms with Crippen LogP contribution in [0.4, 0.5) is 0 Å². The number of amides is 1. The van der Waals surface area contributed by atoms with E-state index in [1.165, 1.54) is 11.1 Å². The van der Waals surface area contributed by atoms with Crippen molar-refractivity contribution in [3.05, 3.63) is 35.4 Å². The maximum Gasteiger partial charge on any atom is 0.240 e. The first kappa shape index (κ1) is 12.7. The van der Waals surface area contributed by atoms with E-state index < -0.39 is 0 Å². The van der Waals surface area contributed by atoms with Gasteiger partial charge in [0.25, 0.3) is 0 Å². The average Bonchev–Trinajstić information content (AvgIpc) is 3.10. The number of hydrogen-bond acceptors (Lipinski definition) is 2. The van der Waals surface area contributed by atoms with Crippen molar-refractivity contribution in [3.63, 3.8) is 0 Å². The van der Waals surface area contributed by atoms with Gasteiger partial charge in [-0.3, -0.25) is 4.79 Å². The standard InChI is InChI=1S/C16H22N2O/c1-12-6-2-3-7-13(12)15-9-5-11-18(15)16(19)14-8-4-10-17-14/h2-3,6-7,14-15,17H,4-5,8-11H2,1H3/t14-,15+/m1/s1. The van der Waals surface area contributed by atoms with Gasteiger partial charge in [0, 0.05) is 6.54 Å². The van der Waals surface area contributed by atoms with E-state index in [4.69, 9.17) is 0 Å². The molecule has 2 saturated heterocycles. The summed E-state index contributed by atoms with van der Waals surface area (Å²) in [7, 11) is 0. The number of carbonyl (C=O) groups excluding carboxylic acids is 1. The highest BCUT2D eigenvalue weighted by molar-refractivity contribution is 5.83. The highest BCUT2D eigenvalue weighted by Gasteiger charge is 2.35. The van der Waals surface area contributed by atoms with Gasteiger partial charge in [0.1, 0.15) is 0 Å². The average molecular weight is 258 g/mol. The second kappa shape index (κ2) is 5.33. The van der Waals surface area contributed by atoms with Gasteiger partial charge in [-0.15, -0.1) is 0 Å². The van der Waals surface area contributed by atoms with Crippen LogP contribution in [0.25, 0.3) is 0 Å². The normalized spacial score (nSPS) is 26.9. The number of aryl methyl sites for hydroxylation is 1. The van der Waals surface area contributed by atoms with Crippen LogP contribution >= 0.6 is 0 Å². The Labute approximate surface area is 115 Å². The topological polar surface area (TPSA) is 32.3 Å². The van der Waals surface area contributed by atoms with Crippen LogP contribution in [0.3, 0.4) is 0 Å². The van der Waals surface area contributed by atoms with Crippen molar-refractivity contribution in [3.8, 4) is 0 Å². The van der Waals surface area contributed by atoms with Crippen molar-refractivity contribution >= 4 is 5.91 Å². The maximum atomic E-state index is 12.6. The molecule has 19 heavy (non-hydrogen) atoms. The molecule has 0 saturated carbocycles. The van der Waals surface area contributed by atoms with Crippen LogP contribution in [0, 0.1) is 6.92 Å². The van der Waals surface area contributed by atoms with Crippen LogP contribution < -0.4 is 5.32 Å². The Bertz CT molecular complexity index is 466. The van der Waals surface area contributed by atoms with Gasteiger partial charge in [-0.2, -0.15) is 0 Å². The fourth-order valence-electron chi connectivity index (χ4n) is 3.41. The van der Waals surface area contributed by atoms with Crippen molar-refractivity contribution in [2.24, 2.45) is 0 Å². The summed E-state index contributed by atoms with van der Waals surface area (Å²) in [6, 6.07) is 8.81. The van der Waals surface area contributed by atoms with Gasteiger partial charge in [-0.1, -0.05) is 24.3 Å². The summed E-state index contributed by atoms with van der Waals surface area (Å²) in [5.41, 5.74) is 2.62. The molecule has 2 heterocycles. The summed E-state index contributed by atoms with van der Waals surface area (Å²) >= 11 is 0. The molecule has 1 aromatic rings. The Morgan fingerprint density at radius 3 is 2.84 bits per heavy atom. The molecule has 2 aliphatic heterocycles. The SMILES string of the molecule is Cc1ccccc1[C@@H]1CCCN1C(=O)[C@H]1CCCN1. The van der Waals surface area contributed by atoms with Crippen molar-refractivity contribution in [1.29, 1.82) is 0 Å². The van der Waals surface area contributed by atoms with Gasteiger partial charge in [0.15, 0.2) is 0 Å². The zero-order valence-electron chi connectivity index (χ0n) is 11.6. The van der Waals surface area contributed by atoms with Gasteiger partial charge in [-0.05, 0) is 50.3 Å².